The Morgan fingerprint density at radius 2 is 1.91 bits per heavy atom. The van der Waals surface area contributed by atoms with Crippen LogP contribution in [-0.4, -0.2) is 48.8 Å². The largest absolute Gasteiger partial charge is 0.494 e. The van der Waals surface area contributed by atoms with Crippen molar-refractivity contribution in [3.63, 3.8) is 0 Å². The van der Waals surface area contributed by atoms with Crippen LogP contribution in [0.3, 0.4) is 0 Å². The maximum absolute atomic E-state index is 12.9. The standard InChI is InChI=1S/C23H26N4O5S/c1-5-32-20-10-9-19(11-15(20)2)33(30,31)27(4)14-22(29)25-18-8-6-7-17(13-18)23-24-16(3)12-21(28)26-23/h6-13H,5,14H2,1-4H3,(H,25,29)(H,24,26,28). The molecule has 0 radical (unpaired) electrons. The van der Waals surface area contributed by atoms with Crippen LogP contribution in [0.4, 0.5) is 5.69 Å². The number of H-pyrrole nitrogens is 1. The fourth-order valence-electron chi connectivity index (χ4n) is 3.23. The smallest absolute Gasteiger partial charge is 0.251 e. The fraction of sp³-hybridized carbons (Fsp3) is 0.261. The first kappa shape index (κ1) is 24.1. The molecule has 33 heavy (non-hydrogen) atoms. The van der Waals surface area contributed by atoms with Gasteiger partial charge in [-0.2, -0.15) is 4.31 Å². The number of hydrogen-bond donors (Lipinski definition) is 2. The molecule has 2 N–H and O–H groups in total. The van der Waals surface area contributed by atoms with Crippen LogP contribution in [0.1, 0.15) is 18.2 Å². The Hall–Kier alpha value is -3.50. The number of benzene rings is 2. The number of rotatable bonds is 8. The highest BCUT2D eigenvalue weighted by molar-refractivity contribution is 7.89. The van der Waals surface area contributed by atoms with E-state index in [2.05, 4.69) is 15.3 Å². The zero-order valence-electron chi connectivity index (χ0n) is 18.9. The second kappa shape index (κ2) is 9.97. The molecule has 0 aliphatic heterocycles. The number of carbonyl (C=O) groups is 1. The molecule has 2 aromatic carbocycles. The van der Waals surface area contributed by atoms with Gasteiger partial charge in [0.2, 0.25) is 15.9 Å². The maximum atomic E-state index is 12.9. The van der Waals surface area contributed by atoms with Gasteiger partial charge in [0.05, 0.1) is 18.0 Å². The molecule has 1 amide bonds. The fourth-order valence-corrected chi connectivity index (χ4v) is 4.44. The van der Waals surface area contributed by atoms with E-state index in [9.17, 15) is 18.0 Å². The van der Waals surface area contributed by atoms with Crippen molar-refractivity contribution < 1.29 is 17.9 Å². The highest BCUT2D eigenvalue weighted by atomic mass is 32.2. The number of carbonyl (C=O) groups excluding carboxylic acids is 1. The molecule has 9 nitrogen and oxygen atoms in total. The van der Waals surface area contributed by atoms with E-state index >= 15 is 0 Å². The average Bonchev–Trinajstić information content (AvgIpc) is 2.74. The molecule has 174 valence electrons. The van der Waals surface area contributed by atoms with Crippen molar-refractivity contribution in [1.29, 1.82) is 0 Å². The third-order valence-corrected chi connectivity index (χ3v) is 6.61. The van der Waals surface area contributed by atoms with E-state index in [1.165, 1.54) is 25.2 Å². The Labute approximate surface area is 192 Å². The molecule has 0 bridgehead atoms. The number of aromatic amines is 1. The average molecular weight is 471 g/mol. The van der Waals surface area contributed by atoms with Crippen LogP contribution in [-0.2, 0) is 14.8 Å². The van der Waals surface area contributed by atoms with Gasteiger partial charge in [0.1, 0.15) is 11.6 Å². The van der Waals surface area contributed by atoms with Gasteiger partial charge in [-0.15, -0.1) is 0 Å². The van der Waals surface area contributed by atoms with E-state index in [0.717, 1.165) is 4.31 Å². The first-order valence-corrected chi connectivity index (χ1v) is 11.7. The van der Waals surface area contributed by atoms with Gasteiger partial charge < -0.3 is 15.0 Å². The summed E-state index contributed by atoms with van der Waals surface area (Å²) in [6.07, 6.45) is 0. The quantitative estimate of drug-likeness (QED) is 0.522. The molecule has 0 spiro atoms. The van der Waals surface area contributed by atoms with Gasteiger partial charge in [0, 0.05) is 30.1 Å². The van der Waals surface area contributed by atoms with E-state index in [1.54, 1.807) is 44.2 Å². The SMILES string of the molecule is CCOc1ccc(S(=O)(=O)N(C)CC(=O)Nc2cccc(-c3nc(C)cc(=O)[nH]3)c2)cc1C. The molecule has 0 saturated carbocycles. The predicted molar refractivity (Wildman–Crippen MR) is 126 cm³/mol. The lowest BCUT2D eigenvalue weighted by Gasteiger charge is -2.18. The molecular weight excluding hydrogens is 444 g/mol. The van der Waals surface area contributed by atoms with Gasteiger partial charge in [0.25, 0.3) is 5.56 Å². The summed E-state index contributed by atoms with van der Waals surface area (Å²) >= 11 is 0. The van der Waals surface area contributed by atoms with Crippen LogP contribution in [0, 0.1) is 13.8 Å². The van der Waals surface area contributed by atoms with Crippen LogP contribution in [0.15, 0.2) is 58.2 Å². The highest BCUT2D eigenvalue weighted by Gasteiger charge is 2.24. The van der Waals surface area contributed by atoms with Crippen molar-refractivity contribution >= 4 is 21.6 Å². The van der Waals surface area contributed by atoms with E-state index in [4.69, 9.17) is 4.74 Å². The molecule has 10 heteroatoms. The lowest BCUT2D eigenvalue weighted by Crippen LogP contribution is -2.35. The lowest BCUT2D eigenvalue weighted by atomic mass is 10.2. The van der Waals surface area contributed by atoms with Crippen molar-refractivity contribution in [3.8, 4) is 17.1 Å². The Balaban J connectivity index is 1.73. The number of nitrogens with zero attached hydrogens (tertiary/aromatic N) is 2. The Bertz CT molecular complexity index is 1330. The van der Waals surface area contributed by atoms with Gasteiger partial charge in [-0.1, -0.05) is 12.1 Å². The first-order chi connectivity index (χ1) is 15.6. The van der Waals surface area contributed by atoms with Crippen molar-refractivity contribution in [1.82, 2.24) is 14.3 Å². The molecule has 0 aliphatic rings. The van der Waals surface area contributed by atoms with Crippen LogP contribution in [0.25, 0.3) is 11.4 Å². The zero-order chi connectivity index (χ0) is 24.2. The van der Waals surface area contributed by atoms with Gasteiger partial charge in [-0.05, 0) is 56.7 Å². The molecule has 1 aromatic heterocycles. The summed E-state index contributed by atoms with van der Waals surface area (Å²) in [7, 11) is -2.53. The minimum atomic E-state index is -3.87. The Morgan fingerprint density at radius 3 is 2.58 bits per heavy atom. The summed E-state index contributed by atoms with van der Waals surface area (Å²) < 4.78 is 32.3. The Kier molecular flexibility index (Phi) is 7.29. The third kappa shape index (κ3) is 5.85. The highest BCUT2D eigenvalue weighted by Crippen LogP contribution is 2.24. The summed E-state index contributed by atoms with van der Waals surface area (Å²) in [4.78, 5) is 31.3. The second-order valence-electron chi connectivity index (χ2n) is 7.49. The summed E-state index contributed by atoms with van der Waals surface area (Å²) in [5.41, 5.74) is 2.04. The summed E-state index contributed by atoms with van der Waals surface area (Å²) in [5, 5.41) is 2.69. The number of nitrogens with one attached hydrogen (secondary N) is 2. The normalized spacial score (nSPS) is 11.4. The van der Waals surface area contributed by atoms with E-state index < -0.39 is 15.9 Å². The van der Waals surface area contributed by atoms with E-state index in [1.807, 2.05) is 6.92 Å². The zero-order valence-corrected chi connectivity index (χ0v) is 19.7. The maximum Gasteiger partial charge on any atom is 0.251 e. The molecule has 0 saturated heterocycles. The lowest BCUT2D eigenvalue weighted by molar-refractivity contribution is -0.116. The summed E-state index contributed by atoms with van der Waals surface area (Å²) in [6.45, 7) is 5.43. The number of aryl methyl sites for hydroxylation is 2. The third-order valence-electron chi connectivity index (χ3n) is 4.81. The predicted octanol–water partition coefficient (Wildman–Crippen LogP) is 2.71. The van der Waals surface area contributed by atoms with Crippen molar-refractivity contribution in [2.24, 2.45) is 0 Å². The second-order valence-corrected chi connectivity index (χ2v) is 9.53. The molecule has 0 atom stereocenters. The van der Waals surface area contributed by atoms with Crippen LogP contribution in [0.2, 0.25) is 0 Å². The molecule has 3 rings (SSSR count). The van der Waals surface area contributed by atoms with Crippen LogP contribution in [0.5, 0.6) is 5.75 Å². The molecule has 0 unspecified atom stereocenters. The number of sulfonamides is 1. The van der Waals surface area contributed by atoms with Crippen molar-refractivity contribution in [3.05, 3.63) is 70.1 Å². The molecule has 1 heterocycles. The minimum absolute atomic E-state index is 0.0789. The summed E-state index contributed by atoms with van der Waals surface area (Å²) in [6, 6.07) is 12.7. The number of ether oxygens (including phenoxy) is 1. The van der Waals surface area contributed by atoms with E-state index in [0.29, 0.717) is 40.7 Å². The molecule has 3 aromatic rings. The monoisotopic (exact) mass is 470 g/mol. The summed E-state index contributed by atoms with van der Waals surface area (Å²) in [5.74, 6) is 0.481. The topological polar surface area (TPSA) is 121 Å². The van der Waals surface area contributed by atoms with Gasteiger partial charge in [0.15, 0.2) is 0 Å². The number of anilines is 1. The van der Waals surface area contributed by atoms with Crippen LogP contribution < -0.4 is 15.6 Å². The number of amides is 1. The van der Waals surface area contributed by atoms with Gasteiger partial charge in [-0.25, -0.2) is 13.4 Å². The molecular formula is C23H26N4O5S. The van der Waals surface area contributed by atoms with Crippen molar-refractivity contribution in [2.45, 2.75) is 25.7 Å². The Morgan fingerprint density at radius 1 is 1.15 bits per heavy atom. The first-order valence-electron chi connectivity index (χ1n) is 10.3. The molecule has 0 fully saturated rings. The number of hydrogen-bond acceptors (Lipinski definition) is 6. The van der Waals surface area contributed by atoms with Gasteiger partial charge in [-0.3, -0.25) is 9.59 Å². The van der Waals surface area contributed by atoms with Crippen LogP contribution >= 0.6 is 0 Å². The van der Waals surface area contributed by atoms with E-state index in [-0.39, 0.29) is 17.0 Å². The molecule has 0 aliphatic carbocycles. The van der Waals surface area contributed by atoms with Crippen molar-refractivity contribution in [2.75, 3.05) is 25.5 Å². The number of aromatic nitrogens is 2. The number of likely N-dealkylation sites (N-methyl/N-ethyl adjacent to an activating group) is 1. The minimum Gasteiger partial charge on any atom is -0.494 e. The van der Waals surface area contributed by atoms with Gasteiger partial charge >= 0.3 is 0 Å².